The van der Waals surface area contributed by atoms with Crippen molar-refractivity contribution in [2.45, 2.75) is 13.8 Å². The summed E-state index contributed by atoms with van der Waals surface area (Å²) < 4.78 is 0. The van der Waals surface area contributed by atoms with Crippen LogP contribution in [0.4, 0.5) is 5.69 Å². The van der Waals surface area contributed by atoms with Crippen LogP contribution in [0.25, 0.3) is 0 Å². The standard InChI is InChI=1S/C11H13N/c1-4-10-7-6-9(3)11(8-10)12-5-2/h1,6-8,12H,5H2,2-3H3. The van der Waals surface area contributed by atoms with E-state index in [9.17, 15) is 0 Å². The van der Waals surface area contributed by atoms with Crippen molar-refractivity contribution in [2.24, 2.45) is 0 Å². The lowest BCUT2D eigenvalue weighted by Gasteiger charge is -2.06. The molecular formula is C11H13N. The van der Waals surface area contributed by atoms with Crippen molar-refractivity contribution in [3.8, 4) is 12.3 Å². The molecule has 1 aromatic rings. The highest BCUT2D eigenvalue weighted by Crippen LogP contribution is 2.15. The van der Waals surface area contributed by atoms with E-state index in [1.165, 1.54) is 5.56 Å². The zero-order chi connectivity index (χ0) is 8.97. The van der Waals surface area contributed by atoms with Crippen molar-refractivity contribution >= 4 is 5.69 Å². The molecule has 0 bridgehead atoms. The fraction of sp³-hybridized carbons (Fsp3) is 0.273. The molecule has 0 heterocycles. The molecule has 0 unspecified atom stereocenters. The summed E-state index contributed by atoms with van der Waals surface area (Å²) in [6.07, 6.45) is 5.29. The van der Waals surface area contributed by atoms with E-state index >= 15 is 0 Å². The van der Waals surface area contributed by atoms with E-state index in [-0.39, 0.29) is 0 Å². The second kappa shape index (κ2) is 3.82. The van der Waals surface area contributed by atoms with Crippen LogP contribution < -0.4 is 5.32 Å². The first-order valence-electron chi connectivity index (χ1n) is 4.09. The van der Waals surface area contributed by atoms with Gasteiger partial charge in [-0.15, -0.1) is 6.42 Å². The average molecular weight is 159 g/mol. The van der Waals surface area contributed by atoms with Crippen LogP contribution in [0, 0.1) is 19.3 Å². The van der Waals surface area contributed by atoms with Gasteiger partial charge in [-0.3, -0.25) is 0 Å². The summed E-state index contributed by atoms with van der Waals surface area (Å²) >= 11 is 0. The normalized spacial score (nSPS) is 9.08. The Morgan fingerprint density at radius 1 is 1.50 bits per heavy atom. The lowest BCUT2D eigenvalue weighted by molar-refractivity contribution is 1.20. The fourth-order valence-electron chi connectivity index (χ4n) is 1.09. The summed E-state index contributed by atoms with van der Waals surface area (Å²) in [5.41, 5.74) is 3.29. The Morgan fingerprint density at radius 2 is 2.25 bits per heavy atom. The third kappa shape index (κ3) is 1.79. The molecule has 0 aromatic heterocycles. The number of terminal acetylenes is 1. The molecule has 0 aliphatic rings. The summed E-state index contributed by atoms with van der Waals surface area (Å²) in [6, 6.07) is 5.99. The first-order chi connectivity index (χ1) is 5.77. The topological polar surface area (TPSA) is 12.0 Å². The maximum Gasteiger partial charge on any atom is 0.0382 e. The van der Waals surface area contributed by atoms with Gasteiger partial charge < -0.3 is 5.32 Å². The van der Waals surface area contributed by atoms with Gasteiger partial charge in [0.15, 0.2) is 0 Å². The average Bonchev–Trinajstić information content (AvgIpc) is 2.09. The smallest absolute Gasteiger partial charge is 0.0382 e. The maximum atomic E-state index is 5.29. The van der Waals surface area contributed by atoms with Gasteiger partial charge in [-0.25, -0.2) is 0 Å². The van der Waals surface area contributed by atoms with Crippen molar-refractivity contribution < 1.29 is 0 Å². The molecule has 0 saturated carbocycles. The Balaban J connectivity index is 3.01. The molecular weight excluding hydrogens is 146 g/mol. The molecule has 1 nitrogen and oxygen atoms in total. The molecule has 1 aromatic carbocycles. The van der Waals surface area contributed by atoms with Crippen LogP contribution in [0.15, 0.2) is 18.2 Å². The van der Waals surface area contributed by atoms with E-state index in [1.807, 2.05) is 18.2 Å². The van der Waals surface area contributed by atoms with Crippen molar-refractivity contribution in [3.63, 3.8) is 0 Å². The van der Waals surface area contributed by atoms with E-state index in [1.54, 1.807) is 0 Å². The summed E-state index contributed by atoms with van der Waals surface area (Å²) in [5, 5.41) is 3.25. The van der Waals surface area contributed by atoms with Crippen molar-refractivity contribution in [1.29, 1.82) is 0 Å². The Hall–Kier alpha value is -1.42. The highest BCUT2D eigenvalue weighted by molar-refractivity contribution is 5.55. The molecule has 62 valence electrons. The Bertz CT molecular complexity index is 307. The minimum Gasteiger partial charge on any atom is -0.385 e. The van der Waals surface area contributed by atoms with Gasteiger partial charge in [0.05, 0.1) is 0 Å². The number of nitrogens with one attached hydrogen (secondary N) is 1. The molecule has 0 fully saturated rings. The van der Waals surface area contributed by atoms with Gasteiger partial charge in [0.2, 0.25) is 0 Å². The van der Waals surface area contributed by atoms with Crippen LogP contribution >= 0.6 is 0 Å². The third-order valence-electron chi connectivity index (χ3n) is 1.77. The van der Waals surface area contributed by atoms with Gasteiger partial charge in [0.25, 0.3) is 0 Å². The SMILES string of the molecule is C#Cc1ccc(C)c(NCC)c1. The van der Waals surface area contributed by atoms with Gasteiger partial charge in [-0.2, -0.15) is 0 Å². The molecule has 0 aliphatic carbocycles. The Labute approximate surface area is 73.8 Å². The van der Waals surface area contributed by atoms with Gasteiger partial charge >= 0.3 is 0 Å². The molecule has 0 saturated heterocycles. The molecule has 0 spiro atoms. The Kier molecular flexibility index (Phi) is 2.76. The molecule has 1 N–H and O–H groups in total. The molecule has 0 aliphatic heterocycles. The molecule has 0 amide bonds. The largest absolute Gasteiger partial charge is 0.385 e. The van der Waals surface area contributed by atoms with Gasteiger partial charge in [0.1, 0.15) is 0 Å². The second-order valence-corrected chi connectivity index (χ2v) is 2.70. The third-order valence-corrected chi connectivity index (χ3v) is 1.77. The predicted octanol–water partition coefficient (Wildman–Crippen LogP) is 2.41. The van der Waals surface area contributed by atoms with E-state index in [4.69, 9.17) is 6.42 Å². The van der Waals surface area contributed by atoms with Crippen LogP contribution in [0.1, 0.15) is 18.1 Å². The lowest BCUT2D eigenvalue weighted by atomic mass is 10.1. The highest BCUT2D eigenvalue weighted by atomic mass is 14.9. The van der Waals surface area contributed by atoms with E-state index in [0.717, 1.165) is 17.8 Å². The molecule has 12 heavy (non-hydrogen) atoms. The van der Waals surface area contributed by atoms with Crippen LogP contribution in [-0.2, 0) is 0 Å². The van der Waals surface area contributed by atoms with Crippen molar-refractivity contribution in [3.05, 3.63) is 29.3 Å². The van der Waals surface area contributed by atoms with Crippen molar-refractivity contribution in [1.82, 2.24) is 0 Å². The number of hydrogen-bond acceptors (Lipinski definition) is 1. The number of benzene rings is 1. The Morgan fingerprint density at radius 3 is 2.83 bits per heavy atom. The summed E-state index contributed by atoms with van der Waals surface area (Å²) in [5.74, 6) is 2.61. The van der Waals surface area contributed by atoms with Crippen LogP contribution in [0.5, 0.6) is 0 Å². The zero-order valence-electron chi connectivity index (χ0n) is 7.52. The second-order valence-electron chi connectivity index (χ2n) is 2.70. The summed E-state index contributed by atoms with van der Waals surface area (Å²) in [6.45, 7) is 5.06. The quantitative estimate of drug-likeness (QED) is 0.653. The predicted molar refractivity (Wildman–Crippen MR) is 53.3 cm³/mol. The zero-order valence-corrected chi connectivity index (χ0v) is 7.52. The first-order valence-corrected chi connectivity index (χ1v) is 4.09. The van der Waals surface area contributed by atoms with E-state index < -0.39 is 0 Å². The number of hydrogen-bond donors (Lipinski definition) is 1. The van der Waals surface area contributed by atoms with Crippen LogP contribution in [0.2, 0.25) is 0 Å². The van der Waals surface area contributed by atoms with Gasteiger partial charge in [0, 0.05) is 17.8 Å². The number of rotatable bonds is 2. The maximum absolute atomic E-state index is 5.29. The summed E-state index contributed by atoms with van der Waals surface area (Å²) in [7, 11) is 0. The van der Waals surface area contributed by atoms with Gasteiger partial charge in [-0.05, 0) is 31.5 Å². The molecule has 0 atom stereocenters. The van der Waals surface area contributed by atoms with E-state index in [0.29, 0.717) is 0 Å². The summed E-state index contributed by atoms with van der Waals surface area (Å²) in [4.78, 5) is 0. The monoisotopic (exact) mass is 159 g/mol. The first kappa shape index (κ1) is 8.67. The molecule has 0 radical (unpaired) electrons. The molecule has 1 rings (SSSR count). The minimum atomic E-state index is 0.925. The fourth-order valence-corrected chi connectivity index (χ4v) is 1.09. The lowest BCUT2D eigenvalue weighted by Crippen LogP contribution is -1.98. The molecule has 1 heteroatoms. The highest BCUT2D eigenvalue weighted by Gasteiger charge is 1.96. The van der Waals surface area contributed by atoms with Crippen molar-refractivity contribution in [2.75, 3.05) is 11.9 Å². The number of aryl methyl sites for hydroxylation is 1. The van der Waals surface area contributed by atoms with E-state index in [2.05, 4.69) is 25.1 Å². The van der Waals surface area contributed by atoms with Crippen LogP contribution in [0.3, 0.4) is 0 Å². The van der Waals surface area contributed by atoms with Crippen LogP contribution in [-0.4, -0.2) is 6.54 Å². The number of anilines is 1. The minimum absolute atomic E-state index is 0.925. The van der Waals surface area contributed by atoms with Gasteiger partial charge in [-0.1, -0.05) is 12.0 Å².